The highest BCUT2D eigenvalue weighted by molar-refractivity contribution is 7.89. The second-order valence-corrected chi connectivity index (χ2v) is 8.41. The average Bonchev–Trinajstić information content (AvgIpc) is 3.06. The number of aromatic nitrogens is 4. The van der Waals surface area contributed by atoms with E-state index in [4.69, 9.17) is 11.6 Å². The van der Waals surface area contributed by atoms with Gasteiger partial charge in [0.05, 0.1) is 4.90 Å². The number of nitrogens with one attached hydrogen (secondary N) is 2. The first-order valence-corrected chi connectivity index (χ1v) is 10.5. The lowest BCUT2D eigenvalue weighted by atomic mass is 10.2. The predicted octanol–water partition coefficient (Wildman–Crippen LogP) is 2.63. The van der Waals surface area contributed by atoms with Gasteiger partial charge in [0, 0.05) is 36.6 Å². The molecule has 3 rings (SSSR count). The van der Waals surface area contributed by atoms with Crippen LogP contribution in [-0.4, -0.2) is 41.0 Å². The molecule has 0 saturated heterocycles. The lowest BCUT2D eigenvalue weighted by Crippen LogP contribution is -2.29. The van der Waals surface area contributed by atoms with Crippen LogP contribution >= 0.6 is 11.6 Å². The maximum absolute atomic E-state index is 12.4. The molecule has 0 amide bonds. The van der Waals surface area contributed by atoms with Crippen molar-refractivity contribution < 1.29 is 8.42 Å². The van der Waals surface area contributed by atoms with Crippen molar-refractivity contribution in [1.82, 2.24) is 24.2 Å². The summed E-state index contributed by atoms with van der Waals surface area (Å²) in [5.74, 6) is 2.71. The summed E-state index contributed by atoms with van der Waals surface area (Å²) in [6, 6.07) is 6.44. The molecule has 0 radical (unpaired) electrons. The van der Waals surface area contributed by atoms with Gasteiger partial charge in [-0.3, -0.25) is 4.57 Å². The van der Waals surface area contributed by atoms with Gasteiger partial charge in [-0.05, 0) is 38.5 Å². The standard InChI is InChI=1S/C18H21ClN6O2S/c1-12-4-5-15(10-16(12)19)28(26,27)22-7-6-21-17-11-18(24-13(2)23-17)25-9-8-20-14(25)3/h4-5,8-11,22H,6-7H2,1-3H3,(H,21,23,24). The molecular formula is C18H21ClN6O2S. The van der Waals surface area contributed by atoms with E-state index >= 15 is 0 Å². The molecule has 0 spiro atoms. The summed E-state index contributed by atoms with van der Waals surface area (Å²) >= 11 is 6.02. The van der Waals surface area contributed by atoms with Crippen LogP contribution in [0.25, 0.3) is 5.82 Å². The Morgan fingerprint density at radius 2 is 1.89 bits per heavy atom. The van der Waals surface area contributed by atoms with Crippen molar-refractivity contribution in [2.24, 2.45) is 0 Å². The molecule has 0 atom stereocenters. The van der Waals surface area contributed by atoms with Crippen LogP contribution in [-0.2, 0) is 10.0 Å². The fourth-order valence-corrected chi connectivity index (χ4v) is 3.89. The molecular weight excluding hydrogens is 400 g/mol. The molecule has 2 N–H and O–H groups in total. The van der Waals surface area contributed by atoms with Crippen molar-refractivity contribution in [2.75, 3.05) is 18.4 Å². The molecule has 10 heteroatoms. The van der Waals surface area contributed by atoms with Gasteiger partial charge in [0.1, 0.15) is 23.3 Å². The molecule has 0 aliphatic heterocycles. The Kier molecular flexibility index (Phi) is 5.97. The van der Waals surface area contributed by atoms with Crippen LogP contribution in [0.1, 0.15) is 17.2 Å². The van der Waals surface area contributed by atoms with Crippen LogP contribution in [0, 0.1) is 20.8 Å². The smallest absolute Gasteiger partial charge is 0.240 e. The summed E-state index contributed by atoms with van der Waals surface area (Å²) in [6.07, 6.45) is 3.52. The summed E-state index contributed by atoms with van der Waals surface area (Å²) in [5.41, 5.74) is 0.824. The van der Waals surface area contributed by atoms with E-state index < -0.39 is 10.0 Å². The van der Waals surface area contributed by atoms with E-state index in [0.29, 0.717) is 29.0 Å². The Bertz CT molecular complexity index is 1100. The Morgan fingerprint density at radius 1 is 1.11 bits per heavy atom. The van der Waals surface area contributed by atoms with Gasteiger partial charge < -0.3 is 5.32 Å². The van der Waals surface area contributed by atoms with Gasteiger partial charge in [-0.15, -0.1) is 0 Å². The molecule has 0 aliphatic carbocycles. The summed E-state index contributed by atoms with van der Waals surface area (Å²) < 4.78 is 29.2. The second-order valence-electron chi connectivity index (χ2n) is 6.24. The molecule has 1 aromatic carbocycles. The number of hydrogen-bond acceptors (Lipinski definition) is 6. The van der Waals surface area contributed by atoms with Crippen molar-refractivity contribution in [3.63, 3.8) is 0 Å². The van der Waals surface area contributed by atoms with E-state index in [-0.39, 0.29) is 11.4 Å². The summed E-state index contributed by atoms with van der Waals surface area (Å²) in [7, 11) is -3.63. The van der Waals surface area contributed by atoms with Crippen LogP contribution in [0.15, 0.2) is 41.6 Å². The fraction of sp³-hybridized carbons (Fsp3) is 0.278. The first kappa shape index (κ1) is 20.2. The quantitative estimate of drug-likeness (QED) is 0.570. The number of imidazole rings is 1. The normalized spacial score (nSPS) is 11.6. The number of hydrogen-bond donors (Lipinski definition) is 2. The summed E-state index contributed by atoms with van der Waals surface area (Å²) in [5, 5.41) is 3.53. The Hall–Kier alpha value is -2.49. The third kappa shape index (κ3) is 4.67. The Labute approximate surface area is 169 Å². The van der Waals surface area contributed by atoms with E-state index in [2.05, 4.69) is 25.0 Å². The molecule has 2 aromatic heterocycles. The minimum atomic E-state index is -3.63. The maximum Gasteiger partial charge on any atom is 0.240 e. The third-order valence-electron chi connectivity index (χ3n) is 4.07. The van der Waals surface area contributed by atoms with Crippen molar-refractivity contribution in [3.8, 4) is 5.82 Å². The first-order chi connectivity index (χ1) is 13.3. The first-order valence-electron chi connectivity index (χ1n) is 8.62. The van der Waals surface area contributed by atoms with Gasteiger partial charge >= 0.3 is 0 Å². The number of rotatable bonds is 7. The van der Waals surface area contributed by atoms with Gasteiger partial charge in [0.25, 0.3) is 0 Å². The molecule has 0 saturated carbocycles. The van der Waals surface area contributed by atoms with Gasteiger partial charge in [0.2, 0.25) is 10.0 Å². The van der Waals surface area contributed by atoms with Gasteiger partial charge in [-0.2, -0.15) is 0 Å². The van der Waals surface area contributed by atoms with Crippen LogP contribution in [0.5, 0.6) is 0 Å². The van der Waals surface area contributed by atoms with E-state index in [1.54, 1.807) is 25.3 Å². The molecule has 28 heavy (non-hydrogen) atoms. The summed E-state index contributed by atoms with van der Waals surface area (Å²) in [6.45, 7) is 6.05. The second kappa shape index (κ2) is 8.26. The van der Waals surface area contributed by atoms with Crippen molar-refractivity contribution in [2.45, 2.75) is 25.7 Å². The Balaban J connectivity index is 1.63. The zero-order valence-electron chi connectivity index (χ0n) is 15.8. The van der Waals surface area contributed by atoms with Gasteiger partial charge in [-0.1, -0.05) is 17.7 Å². The highest BCUT2D eigenvalue weighted by Gasteiger charge is 2.14. The molecule has 2 heterocycles. The number of sulfonamides is 1. The molecule has 0 bridgehead atoms. The van der Waals surface area contributed by atoms with E-state index in [1.807, 2.05) is 24.6 Å². The minimum absolute atomic E-state index is 0.138. The number of halogens is 1. The fourth-order valence-electron chi connectivity index (χ4n) is 2.59. The van der Waals surface area contributed by atoms with E-state index in [9.17, 15) is 8.42 Å². The predicted molar refractivity (Wildman–Crippen MR) is 108 cm³/mol. The number of nitrogens with zero attached hydrogens (tertiary/aromatic N) is 4. The highest BCUT2D eigenvalue weighted by atomic mass is 35.5. The molecule has 0 unspecified atom stereocenters. The van der Waals surface area contributed by atoms with Crippen molar-refractivity contribution in [1.29, 1.82) is 0 Å². The SMILES string of the molecule is Cc1nc(NCCNS(=O)(=O)c2ccc(C)c(Cl)c2)cc(-n2ccnc2C)n1. The zero-order chi connectivity index (χ0) is 20.3. The molecule has 3 aromatic rings. The lowest BCUT2D eigenvalue weighted by molar-refractivity contribution is 0.583. The molecule has 0 fully saturated rings. The number of aryl methyl sites for hydroxylation is 3. The van der Waals surface area contributed by atoms with E-state index in [1.165, 1.54) is 12.1 Å². The van der Waals surface area contributed by atoms with Crippen molar-refractivity contribution >= 4 is 27.4 Å². The maximum atomic E-state index is 12.4. The molecule has 8 nitrogen and oxygen atoms in total. The van der Waals surface area contributed by atoms with Crippen LogP contribution in [0.3, 0.4) is 0 Å². The van der Waals surface area contributed by atoms with E-state index in [0.717, 1.165) is 11.4 Å². The molecule has 148 valence electrons. The van der Waals surface area contributed by atoms with Crippen LogP contribution in [0.2, 0.25) is 5.02 Å². The number of benzene rings is 1. The lowest BCUT2D eigenvalue weighted by Gasteiger charge is -2.11. The van der Waals surface area contributed by atoms with Gasteiger partial charge in [0.15, 0.2) is 0 Å². The molecule has 0 aliphatic rings. The Morgan fingerprint density at radius 3 is 2.57 bits per heavy atom. The van der Waals surface area contributed by atoms with Gasteiger partial charge in [-0.25, -0.2) is 28.1 Å². The minimum Gasteiger partial charge on any atom is -0.369 e. The largest absolute Gasteiger partial charge is 0.369 e. The highest BCUT2D eigenvalue weighted by Crippen LogP contribution is 2.19. The average molecular weight is 421 g/mol. The van der Waals surface area contributed by atoms with Crippen LogP contribution in [0.4, 0.5) is 5.82 Å². The van der Waals surface area contributed by atoms with Crippen molar-refractivity contribution in [3.05, 3.63) is 58.9 Å². The number of anilines is 1. The topological polar surface area (TPSA) is 102 Å². The third-order valence-corrected chi connectivity index (χ3v) is 5.94. The summed E-state index contributed by atoms with van der Waals surface area (Å²) in [4.78, 5) is 13.1. The zero-order valence-corrected chi connectivity index (χ0v) is 17.3. The van der Waals surface area contributed by atoms with Crippen LogP contribution < -0.4 is 10.0 Å². The monoisotopic (exact) mass is 420 g/mol.